The summed E-state index contributed by atoms with van der Waals surface area (Å²) >= 11 is 0. The van der Waals surface area contributed by atoms with Gasteiger partial charge in [0, 0.05) is 47.8 Å². The highest BCUT2D eigenvalue weighted by atomic mass is 32.2. The summed E-state index contributed by atoms with van der Waals surface area (Å²) in [5, 5.41) is 3.03. The minimum atomic E-state index is -3.78. The topological polar surface area (TPSA) is 119 Å². The van der Waals surface area contributed by atoms with Crippen LogP contribution in [-0.2, 0) is 10.0 Å². The quantitative estimate of drug-likeness (QED) is 0.186. The SMILES string of the molecule is CNC(=O)c1c(-c2ccc(F)cc2)oc2cc(N(C)S(C)(=O)=O)c(-c3ccc(-c4ccco4)c(-c4nc5c(F)cccc5o4)c3)cc12. The molecule has 12 heteroatoms. The van der Waals surface area contributed by atoms with Crippen LogP contribution in [0.1, 0.15) is 10.4 Å². The minimum Gasteiger partial charge on any atom is -0.464 e. The van der Waals surface area contributed by atoms with Gasteiger partial charge in [-0.2, -0.15) is 0 Å². The van der Waals surface area contributed by atoms with Gasteiger partial charge in [0.15, 0.2) is 11.4 Å². The Bertz CT molecular complexity index is 2430. The zero-order valence-electron chi connectivity index (χ0n) is 25.2. The van der Waals surface area contributed by atoms with Crippen molar-refractivity contribution in [1.29, 1.82) is 0 Å². The molecule has 0 aliphatic rings. The lowest BCUT2D eigenvalue weighted by molar-refractivity contribution is 0.0964. The molecule has 0 spiro atoms. The molecule has 236 valence electrons. The predicted octanol–water partition coefficient (Wildman–Crippen LogP) is 7.87. The zero-order chi connectivity index (χ0) is 33.0. The maximum Gasteiger partial charge on any atom is 0.255 e. The largest absolute Gasteiger partial charge is 0.464 e. The molecule has 9 nitrogen and oxygen atoms in total. The average Bonchev–Trinajstić information content (AvgIpc) is 3.82. The monoisotopic (exact) mass is 653 g/mol. The molecule has 0 saturated carbocycles. The van der Waals surface area contributed by atoms with Crippen LogP contribution in [0.3, 0.4) is 0 Å². The molecule has 47 heavy (non-hydrogen) atoms. The number of para-hydroxylation sites is 1. The number of furan rings is 2. The van der Waals surface area contributed by atoms with Crippen LogP contribution >= 0.6 is 0 Å². The first-order chi connectivity index (χ1) is 22.5. The number of carbonyl (C=O) groups is 1. The van der Waals surface area contributed by atoms with Crippen LogP contribution in [0, 0.1) is 11.6 Å². The Hall–Kier alpha value is -5.75. The molecule has 1 N–H and O–H groups in total. The summed E-state index contributed by atoms with van der Waals surface area (Å²) < 4.78 is 73.1. The summed E-state index contributed by atoms with van der Waals surface area (Å²) in [7, 11) is -0.896. The number of sulfonamides is 1. The first-order valence-corrected chi connectivity index (χ1v) is 16.1. The fourth-order valence-electron chi connectivity index (χ4n) is 5.52. The summed E-state index contributed by atoms with van der Waals surface area (Å²) in [5.74, 6) is -0.660. The van der Waals surface area contributed by atoms with Crippen LogP contribution in [0.5, 0.6) is 0 Å². The average molecular weight is 654 g/mol. The van der Waals surface area contributed by atoms with Crippen LogP contribution in [0.2, 0.25) is 0 Å². The molecular weight excluding hydrogens is 628 g/mol. The van der Waals surface area contributed by atoms with Crippen molar-refractivity contribution in [3.8, 4) is 45.2 Å². The summed E-state index contributed by atoms with van der Waals surface area (Å²) in [4.78, 5) is 17.7. The van der Waals surface area contributed by atoms with E-state index in [1.54, 1.807) is 48.5 Å². The smallest absolute Gasteiger partial charge is 0.255 e. The van der Waals surface area contributed by atoms with Crippen LogP contribution in [0.15, 0.2) is 104 Å². The first kappa shape index (κ1) is 29.9. The minimum absolute atomic E-state index is 0.0548. The fraction of sp³-hybridized carbons (Fsp3) is 0.0857. The van der Waals surface area contributed by atoms with Gasteiger partial charge < -0.3 is 18.6 Å². The van der Waals surface area contributed by atoms with Crippen molar-refractivity contribution < 1.29 is 35.2 Å². The van der Waals surface area contributed by atoms with E-state index in [0.717, 1.165) is 10.6 Å². The number of benzene rings is 4. The summed E-state index contributed by atoms with van der Waals surface area (Å²) in [6.07, 6.45) is 2.59. The third-order valence-corrected chi connectivity index (χ3v) is 9.11. The Morgan fingerprint density at radius 3 is 2.30 bits per heavy atom. The fourth-order valence-corrected chi connectivity index (χ4v) is 6.03. The third-order valence-electron chi connectivity index (χ3n) is 7.92. The van der Waals surface area contributed by atoms with E-state index in [2.05, 4.69) is 10.3 Å². The molecule has 3 aromatic heterocycles. The molecule has 7 rings (SSSR count). The molecular formula is C35H25F2N3O6S. The van der Waals surface area contributed by atoms with E-state index in [1.807, 2.05) is 0 Å². The Morgan fingerprint density at radius 1 is 0.851 bits per heavy atom. The molecule has 0 radical (unpaired) electrons. The lowest BCUT2D eigenvalue weighted by atomic mass is 9.94. The van der Waals surface area contributed by atoms with Crippen LogP contribution in [-0.4, -0.2) is 39.7 Å². The molecule has 0 aliphatic carbocycles. The van der Waals surface area contributed by atoms with Crippen molar-refractivity contribution >= 4 is 43.7 Å². The van der Waals surface area contributed by atoms with E-state index in [4.69, 9.17) is 13.3 Å². The van der Waals surface area contributed by atoms with Crippen LogP contribution in [0.4, 0.5) is 14.5 Å². The molecule has 0 saturated heterocycles. The second-order valence-electron chi connectivity index (χ2n) is 10.8. The lowest BCUT2D eigenvalue weighted by Gasteiger charge is -2.21. The van der Waals surface area contributed by atoms with Gasteiger partial charge in [-0.3, -0.25) is 9.10 Å². The van der Waals surface area contributed by atoms with Crippen molar-refractivity contribution in [3.05, 3.63) is 108 Å². The van der Waals surface area contributed by atoms with E-state index < -0.39 is 27.6 Å². The number of hydrogen-bond acceptors (Lipinski definition) is 7. The van der Waals surface area contributed by atoms with Gasteiger partial charge in [-0.25, -0.2) is 22.2 Å². The highest BCUT2D eigenvalue weighted by molar-refractivity contribution is 7.92. The van der Waals surface area contributed by atoms with Gasteiger partial charge in [-0.15, -0.1) is 0 Å². The summed E-state index contributed by atoms with van der Waals surface area (Å²) in [6.45, 7) is 0. The highest BCUT2D eigenvalue weighted by Gasteiger charge is 2.27. The second-order valence-corrected chi connectivity index (χ2v) is 12.8. The van der Waals surface area contributed by atoms with Crippen molar-refractivity contribution in [2.45, 2.75) is 0 Å². The Labute approximate surface area is 267 Å². The molecule has 7 aromatic rings. The zero-order valence-corrected chi connectivity index (χ0v) is 26.0. The summed E-state index contributed by atoms with van der Waals surface area (Å²) in [5.41, 5.74) is 3.43. The van der Waals surface area contributed by atoms with Gasteiger partial charge in [0.2, 0.25) is 15.9 Å². The van der Waals surface area contributed by atoms with Crippen molar-refractivity contribution in [1.82, 2.24) is 10.3 Å². The Balaban J connectivity index is 1.52. The maximum absolute atomic E-state index is 14.6. The molecule has 1 amide bonds. The van der Waals surface area contributed by atoms with Crippen molar-refractivity contribution in [2.75, 3.05) is 24.7 Å². The van der Waals surface area contributed by atoms with E-state index in [0.29, 0.717) is 39.0 Å². The number of hydrogen-bond donors (Lipinski definition) is 1. The van der Waals surface area contributed by atoms with Gasteiger partial charge in [0.25, 0.3) is 5.91 Å². The van der Waals surface area contributed by atoms with Crippen LogP contribution in [0.25, 0.3) is 67.3 Å². The molecule has 3 heterocycles. The molecule has 0 bridgehead atoms. The van der Waals surface area contributed by atoms with Crippen molar-refractivity contribution in [2.24, 2.45) is 0 Å². The Morgan fingerprint density at radius 2 is 1.62 bits per heavy atom. The standard InChI is InChI=1S/C35H25F2N3O6S/c1-38-34(41)31-25-17-23(27(40(2)47(3,42)43)18-30(25)45-33(31)19-9-12-21(36)13-10-19)20-11-14-22(28-8-5-15-44-28)24(16-20)35-39-32-26(37)6-4-7-29(32)46-35/h4-18H,1-3H3,(H,38,41). The van der Waals surface area contributed by atoms with Gasteiger partial charge in [-0.1, -0.05) is 12.1 Å². The number of fused-ring (bicyclic) bond motifs is 2. The van der Waals surface area contributed by atoms with Gasteiger partial charge in [0.1, 0.15) is 28.4 Å². The summed E-state index contributed by atoms with van der Waals surface area (Å²) in [6, 6.07) is 21.9. The number of carbonyl (C=O) groups excluding carboxylic acids is 1. The van der Waals surface area contributed by atoms with Crippen LogP contribution < -0.4 is 9.62 Å². The normalized spacial score (nSPS) is 11.8. The molecule has 0 aliphatic heterocycles. The van der Waals surface area contributed by atoms with E-state index in [9.17, 15) is 22.0 Å². The predicted molar refractivity (Wildman–Crippen MR) is 174 cm³/mol. The third kappa shape index (κ3) is 5.22. The number of oxazole rings is 1. The Kier molecular flexibility index (Phi) is 7.16. The number of amides is 1. The molecule has 4 aromatic carbocycles. The van der Waals surface area contributed by atoms with Gasteiger partial charge in [0.05, 0.1) is 23.8 Å². The molecule has 0 atom stereocenters. The number of nitrogens with zero attached hydrogens (tertiary/aromatic N) is 2. The number of anilines is 1. The van der Waals surface area contributed by atoms with Gasteiger partial charge in [-0.05, 0) is 72.3 Å². The van der Waals surface area contributed by atoms with Crippen molar-refractivity contribution in [3.63, 3.8) is 0 Å². The number of halogens is 2. The maximum atomic E-state index is 14.6. The van der Waals surface area contributed by atoms with E-state index in [1.165, 1.54) is 56.8 Å². The number of nitrogens with one attached hydrogen (secondary N) is 1. The number of rotatable bonds is 7. The number of aromatic nitrogens is 1. The van der Waals surface area contributed by atoms with E-state index >= 15 is 0 Å². The molecule has 0 fully saturated rings. The van der Waals surface area contributed by atoms with E-state index in [-0.39, 0.29) is 39.6 Å². The highest BCUT2D eigenvalue weighted by Crippen LogP contribution is 2.44. The first-order valence-electron chi connectivity index (χ1n) is 14.3. The second kappa shape index (κ2) is 11.2. The lowest BCUT2D eigenvalue weighted by Crippen LogP contribution is -2.25. The molecule has 0 unspecified atom stereocenters. The van der Waals surface area contributed by atoms with Gasteiger partial charge >= 0.3 is 0 Å².